The van der Waals surface area contributed by atoms with Gasteiger partial charge in [-0.25, -0.2) is 4.79 Å². The molecule has 2 amide bonds. The number of Topliss-reactive ketones (excluding diaryl/α,β-unsaturated/α-hetero) is 1. The van der Waals surface area contributed by atoms with Crippen molar-refractivity contribution in [3.63, 3.8) is 0 Å². The number of urea groups is 1. The number of ketones is 1. The SMILES string of the molecule is O=C1CC2(CCN(C(=O)NC3CCCCCC3)C2)Oc2ccccc21. The van der Waals surface area contributed by atoms with Gasteiger partial charge in [0.05, 0.1) is 18.5 Å². The molecule has 1 aliphatic carbocycles. The molecule has 2 fully saturated rings. The van der Waals surface area contributed by atoms with E-state index >= 15 is 0 Å². The van der Waals surface area contributed by atoms with E-state index in [9.17, 15) is 9.59 Å². The van der Waals surface area contributed by atoms with Gasteiger partial charge in [0.25, 0.3) is 0 Å². The molecule has 5 heteroatoms. The molecule has 1 unspecified atom stereocenters. The maximum atomic E-state index is 12.7. The first-order valence-electron chi connectivity index (χ1n) is 9.52. The van der Waals surface area contributed by atoms with E-state index in [0.717, 1.165) is 12.8 Å². The van der Waals surface area contributed by atoms with Crippen LogP contribution in [0.3, 0.4) is 0 Å². The quantitative estimate of drug-likeness (QED) is 0.794. The number of rotatable bonds is 1. The minimum absolute atomic E-state index is 0.00122. The average Bonchev–Trinajstić information content (AvgIpc) is 2.83. The van der Waals surface area contributed by atoms with E-state index in [-0.39, 0.29) is 11.8 Å². The van der Waals surface area contributed by atoms with Gasteiger partial charge in [-0.2, -0.15) is 0 Å². The minimum atomic E-state index is -0.549. The highest BCUT2D eigenvalue weighted by Gasteiger charge is 2.47. The highest BCUT2D eigenvalue weighted by Crippen LogP contribution is 2.38. The minimum Gasteiger partial charge on any atom is -0.484 e. The predicted octanol–water partition coefficient (Wildman–Crippen LogP) is 3.53. The summed E-state index contributed by atoms with van der Waals surface area (Å²) in [7, 11) is 0. The summed E-state index contributed by atoms with van der Waals surface area (Å²) in [6.07, 6.45) is 8.16. The molecule has 0 radical (unpaired) electrons. The van der Waals surface area contributed by atoms with Crippen LogP contribution in [0.2, 0.25) is 0 Å². The lowest BCUT2D eigenvalue weighted by Crippen LogP contribution is -2.48. The second-order valence-electron chi connectivity index (χ2n) is 7.69. The van der Waals surface area contributed by atoms with Crippen LogP contribution >= 0.6 is 0 Å². The number of fused-ring (bicyclic) bond motifs is 1. The molecule has 0 bridgehead atoms. The molecule has 2 heterocycles. The molecule has 1 aromatic rings. The second-order valence-corrected chi connectivity index (χ2v) is 7.69. The third-order valence-electron chi connectivity index (χ3n) is 5.78. The molecule has 134 valence electrons. The van der Waals surface area contributed by atoms with Crippen molar-refractivity contribution in [3.05, 3.63) is 29.8 Å². The van der Waals surface area contributed by atoms with Gasteiger partial charge in [-0.1, -0.05) is 37.8 Å². The predicted molar refractivity (Wildman–Crippen MR) is 95.0 cm³/mol. The Labute approximate surface area is 148 Å². The number of nitrogens with zero attached hydrogens (tertiary/aromatic N) is 1. The monoisotopic (exact) mass is 342 g/mol. The normalized spacial score (nSPS) is 26.9. The van der Waals surface area contributed by atoms with Gasteiger partial charge in [0.2, 0.25) is 0 Å². The van der Waals surface area contributed by atoms with Crippen LogP contribution in [0.1, 0.15) is 61.7 Å². The summed E-state index contributed by atoms with van der Waals surface area (Å²) in [6, 6.07) is 7.70. The van der Waals surface area contributed by atoms with E-state index in [1.165, 1.54) is 25.7 Å². The van der Waals surface area contributed by atoms with Gasteiger partial charge in [0, 0.05) is 19.0 Å². The molecule has 1 saturated heterocycles. The summed E-state index contributed by atoms with van der Waals surface area (Å²) < 4.78 is 6.20. The molecule has 4 rings (SSSR count). The topological polar surface area (TPSA) is 58.6 Å². The number of carbonyl (C=O) groups excluding carboxylic acids is 2. The number of carbonyl (C=O) groups is 2. The highest BCUT2D eigenvalue weighted by atomic mass is 16.5. The zero-order chi connectivity index (χ0) is 17.3. The summed E-state index contributed by atoms with van der Waals surface area (Å²) in [5.74, 6) is 0.776. The molecule has 1 saturated carbocycles. The third kappa shape index (κ3) is 3.37. The number of likely N-dealkylation sites (tertiary alicyclic amines) is 1. The molecule has 1 spiro atoms. The summed E-state index contributed by atoms with van der Waals surface area (Å²) >= 11 is 0. The van der Waals surface area contributed by atoms with Crippen molar-refractivity contribution >= 4 is 11.8 Å². The highest BCUT2D eigenvalue weighted by molar-refractivity contribution is 6.00. The smallest absolute Gasteiger partial charge is 0.317 e. The Morgan fingerprint density at radius 2 is 1.92 bits per heavy atom. The molecule has 5 nitrogen and oxygen atoms in total. The lowest BCUT2D eigenvalue weighted by molar-refractivity contribution is 0.0477. The summed E-state index contributed by atoms with van der Waals surface area (Å²) in [4.78, 5) is 27.0. The Hall–Kier alpha value is -2.04. The first-order valence-corrected chi connectivity index (χ1v) is 9.52. The molecule has 0 aromatic heterocycles. The first-order chi connectivity index (χ1) is 12.2. The zero-order valence-corrected chi connectivity index (χ0v) is 14.6. The van der Waals surface area contributed by atoms with E-state index in [4.69, 9.17) is 4.74 Å². The Bertz CT molecular complexity index is 667. The van der Waals surface area contributed by atoms with Crippen LogP contribution in [-0.4, -0.2) is 41.4 Å². The standard InChI is InChI=1S/C20H26N2O3/c23-17-13-20(25-18-10-6-5-9-16(17)18)11-12-22(14-20)19(24)21-15-7-3-1-2-4-8-15/h5-6,9-10,15H,1-4,7-8,11-14H2,(H,21,24). The van der Waals surface area contributed by atoms with Crippen LogP contribution in [0.15, 0.2) is 24.3 Å². The Balaban J connectivity index is 1.41. The number of nitrogens with one attached hydrogen (secondary N) is 1. The average molecular weight is 342 g/mol. The van der Waals surface area contributed by atoms with Crippen molar-refractivity contribution in [1.82, 2.24) is 10.2 Å². The maximum Gasteiger partial charge on any atom is 0.317 e. The molecule has 3 aliphatic rings. The lowest BCUT2D eigenvalue weighted by Gasteiger charge is -2.34. The van der Waals surface area contributed by atoms with Crippen molar-refractivity contribution in [2.45, 2.75) is 63.0 Å². The van der Waals surface area contributed by atoms with Crippen LogP contribution in [0.4, 0.5) is 4.79 Å². The fourth-order valence-electron chi connectivity index (χ4n) is 4.38. The van der Waals surface area contributed by atoms with E-state index in [1.54, 1.807) is 0 Å². The number of amides is 2. The van der Waals surface area contributed by atoms with Gasteiger partial charge in [-0.05, 0) is 25.0 Å². The summed E-state index contributed by atoms with van der Waals surface area (Å²) in [5, 5.41) is 3.20. The van der Waals surface area contributed by atoms with Crippen molar-refractivity contribution in [2.24, 2.45) is 0 Å². The van der Waals surface area contributed by atoms with Gasteiger partial charge < -0.3 is 15.0 Å². The second kappa shape index (κ2) is 6.70. The van der Waals surface area contributed by atoms with Gasteiger partial charge in [-0.15, -0.1) is 0 Å². The van der Waals surface area contributed by atoms with Crippen molar-refractivity contribution in [1.29, 1.82) is 0 Å². The summed E-state index contributed by atoms with van der Waals surface area (Å²) in [5.41, 5.74) is 0.112. The largest absolute Gasteiger partial charge is 0.484 e. The van der Waals surface area contributed by atoms with Crippen molar-refractivity contribution in [3.8, 4) is 5.75 Å². The number of ether oxygens (including phenoxy) is 1. The summed E-state index contributed by atoms with van der Waals surface area (Å²) in [6.45, 7) is 1.14. The van der Waals surface area contributed by atoms with E-state index in [0.29, 0.717) is 43.3 Å². The number of para-hydroxylation sites is 1. The first kappa shape index (κ1) is 16.4. The molecular weight excluding hydrogens is 316 g/mol. The Kier molecular flexibility index (Phi) is 4.40. The molecule has 25 heavy (non-hydrogen) atoms. The van der Waals surface area contributed by atoms with E-state index in [1.807, 2.05) is 29.2 Å². The van der Waals surface area contributed by atoms with Crippen molar-refractivity contribution in [2.75, 3.05) is 13.1 Å². The van der Waals surface area contributed by atoms with Gasteiger partial charge >= 0.3 is 6.03 Å². The molecule has 1 aromatic carbocycles. The van der Waals surface area contributed by atoms with E-state index < -0.39 is 5.60 Å². The van der Waals surface area contributed by atoms with Crippen LogP contribution in [0.25, 0.3) is 0 Å². The number of hydrogen-bond acceptors (Lipinski definition) is 3. The molecular formula is C20H26N2O3. The fraction of sp³-hybridized carbons (Fsp3) is 0.600. The van der Waals surface area contributed by atoms with Crippen LogP contribution in [-0.2, 0) is 0 Å². The van der Waals surface area contributed by atoms with Gasteiger partial charge in [0.15, 0.2) is 5.78 Å². The van der Waals surface area contributed by atoms with Gasteiger partial charge in [-0.3, -0.25) is 4.79 Å². The number of hydrogen-bond donors (Lipinski definition) is 1. The van der Waals surface area contributed by atoms with E-state index in [2.05, 4.69) is 5.32 Å². The molecule has 1 N–H and O–H groups in total. The maximum absolute atomic E-state index is 12.7. The third-order valence-corrected chi connectivity index (χ3v) is 5.78. The van der Waals surface area contributed by atoms with Gasteiger partial charge in [0.1, 0.15) is 11.4 Å². The Morgan fingerprint density at radius 1 is 1.16 bits per heavy atom. The van der Waals surface area contributed by atoms with Crippen LogP contribution in [0, 0.1) is 0 Å². The van der Waals surface area contributed by atoms with Crippen molar-refractivity contribution < 1.29 is 14.3 Å². The van der Waals surface area contributed by atoms with Crippen LogP contribution in [0.5, 0.6) is 5.75 Å². The number of benzene rings is 1. The zero-order valence-electron chi connectivity index (χ0n) is 14.6. The van der Waals surface area contributed by atoms with Crippen LogP contribution < -0.4 is 10.1 Å². The molecule has 1 atom stereocenters. The lowest BCUT2D eigenvalue weighted by atomic mass is 9.89. The Morgan fingerprint density at radius 3 is 2.72 bits per heavy atom. The fourth-order valence-corrected chi connectivity index (χ4v) is 4.38. The molecule has 2 aliphatic heterocycles.